The van der Waals surface area contributed by atoms with Crippen molar-refractivity contribution in [3.8, 4) is 22.4 Å². The highest BCUT2D eigenvalue weighted by molar-refractivity contribution is 5.70. The molecule has 0 spiro atoms. The third-order valence-corrected chi connectivity index (χ3v) is 6.37. The van der Waals surface area contributed by atoms with Crippen LogP contribution < -0.4 is 0 Å². The predicted octanol–water partition coefficient (Wildman–Crippen LogP) is 7.07. The van der Waals surface area contributed by atoms with E-state index in [-0.39, 0.29) is 10.8 Å². The second kappa shape index (κ2) is 6.34. The maximum atomic E-state index is 4.80. The molecule has 0 aliphatic heterocycles. The molecule has 0 bridgehead atoms. The Bertz CT molecular complexity index is 977. The van der Waals surface area contributed by atoms with Crippen molar-refractivity contribution >= 4 is 0 Å². The average Bonchev–Trinajstić information content (AvgIpc) is 2.66. The number of rotatable bonds is 2. The number of nitrogens with zero attached hydrogens (tertiary/aromatic N) is 1. The Balaban J connectivity index is 1.74. The van der Waals surface area contributed by atoms with Crippen LogP contribution in [0.1, 0.15) is 57.2 Å². The number of pyridine rings is 1. The lowest BCUT2D eigenvalue weighted by Crippen LogP contribution is -2.33. The summed E-state index contributed by atoms with van der Waals surface area (Å²) in [5, 5.41) is 0. The summed E-state index contributed by atoms with van der Waals surface area (Å²) < 4.78 is 0. The molecule has 1 nitrogen and oxygen atoms in total. The third-order valence-electron chi connectivity index (χ3n) is 6.37. The minimum Gasteiger partial charge on any atom is -0.256 e. The molecule has 3 aromatic rings. The summed E-state index contributed by atoms with van der Waals surface area (Å²) in [6, 6.07) is 19.8. The predicted molar refractivity (Wildman–Crippen MR) is 115 cm³/mol. The highest BCUT2D eigenvalue weighted by Crippen LogP contribution is 2.46. The monoisotopic (exact) mass is 355 g/mol. The number of hydrogen-bond acceptors (Lipinski definition) is 1. The van der Waals surface area contributed by atoms with Gasteiger partial charge in [0.15, 0.2) is 0 Å². The first kappa shape index (κ1) is 18.0. The zero-order valence-electron chi connectivity index (χ0n) is 17.1. The van der Waals surface area contributed by atoms with Crippen molar-refractivity contribution in [3.05, 3.63) is 77.5 Å². The number of benzene rings is 2. The molecule has 0 amide bonds. The Hall–Kier alpha value is -2.41. The lowest BCUT2D eigenvalue weighted by molar-refractivity contribution is 0.332. The minimum atomic E-state index is 0.224. The molecule has 4 rings (SSSR count). The molecule has 2 aromatic carbocycles. The molecule has 0 saturated carbocycles. The van der Waals surface area contributed by atoms with Gasteiger partial charge in [0, 0.05) is 17.3 Å². The van der Waals surface area contributed by atoms with Crippen LogP contribution in [0, 0.1) is 6.92 Å². The molecule has 0 radical (unpaired) electrons. The number of aryl methyl sites for hydroxylation is 1. The third kappa shape index (κ3) is 3.20. The first-order valence-electron chi connectivity index (χ1n) is 9.95. The van der Waals surface area contributed by atoms with Gasteiger partial charge in [-0.3, -0.25) is 4.98 Å². The summed E-state index contributed by atoms with van der Waals surface area (Å²) in [6.45, 7) is 11.6. The Kier molecular flexibility index (Phi) is 4.22. The minimum absolute atomic E-state index is 0.224. The molecule has 0 fully saturated rings. The second-order valence-electron chi connectivity index (χ2n) is 9.28. The standard InChI is InChI=1S/C26H29N/c1-18-8-6-7-9-21(18)20-11-13-24(27-17-20)19-10-12-22-23(16-19)26(4,5)15-14-25(22,2)3/h6-13,16-17H,14-15H2,1-5H3. The van der Waals surface area contributed by atoms with Crippen molar-refractivity contribution in [2.24, 2.45) is 0 Å². The van der Waals surface area contributed by atoms with E-state index in [2.05, 4.69) is 89.2 Å². The van der Waals surface area contributed by atoms with Crippen molar-refractivity contribution in [2.75, 3.05) is 0 Å². The lowest BCUT2D eigenvalue weighted by Gasteiger charge is -2.42. The van der Waals surface area contributed by atoms with Crippen LogP contribution in [0.15, 0.2) is 60.8 Å². The Labute approximate surface area is 163 Å². The van der Waals surface area contributed by atoms with Gasteiger partial charge < -0.3 is 0 Å². The molecule has 1 aliphatic carbocycles. The Morgan fingerprint density at radius 2 is 1.41 bits per heavy atom. The number of hydrogen-bond donors (Lipinski definition) is 0. The van der Waals surface area contributed by atoms with Crippen molar-refractivity contribution in [1.82, 2.24) is 4.98 Å². The van der Waals surface area contributed by atoms with E-state index in [4.69, 9.17) is 4.98 Å². The van der Waals surface area contributed by atoms with Crippen LogP contribution in [0.2, 0.25) is 0 Å². The molecule has 1 heterocycles. The maximum absolute atomic E-state index is 4.80. The highest BCUT2D eigenvalue weighted by atomic mass is 14.7. The molecular weight excluding hydrogens is 326 g/mol. The fraction of sp³-hybridized carbons (Fsp3) is 0.346. The van der Waals surface area contributed by atoms with E-state index >= 15 is 0 Å². The van der Waals surface area contributed by atoms with Crippen LogP contribution in [0.3, 0.4) is 0 Å². The van der Waals surface area contributed by atoms with Crippen LogP contribution in [-0.2, 0) is 10.8 Å². The van der Waals surface area contributed by atoms with Gasteiger partial charge in [-0.2, -0.15) is 0 Å². The van der Waals surface area contributed by atoms with Crippen LogP contribution in [0.4, 0.5) is 0 Å². The lowest BCUT2D eigenvalue weighted by atomic mass is 9.63. The summed E-state index contributed by atoms with van der Waals surface area (Å²) in [5.74, 6) is 0. The largest absolute Gasteiger partial charge is 0.256 e. The van der Waals surface area contributed by atoms with Gasteiger partial charge in [0.2, 0.25) is 0 Å². The maximum Gasteiger partial charge on any atom is 0.0702 e. The number of aromatic nitrogens is 1. The average molecular weight is 356 g/mol. The molecule has 27 heavy (non-hydrogen) atoms. The van der Waals surface area contributed by atoms with Crippen molar-refractivity contribution in [1.29, 1.82) is 0 Å². The molecule has 0 N–H and O–H groups in total. The topological polar surface area (TPSA) is 12.9 Å². The summed E-state index contributed by atoms with van der Waals surface area (Å²) in [5.41, 5.74) is 9.45. The Morgan fingerprint density at radius 3 is 2.07 bits per heavy atom. The van der Waals surface area contributed by atoms with E-state index in [9.17, 15) is 0 Å². The van der Waals surface area contributed by atoms with Gasteiger partial charge in [-0.05, 0) is 65.0 Å². The number of fused-ring (bicyclic) bond motifs is 1. The molecule has 1 aliphatic rings. The first-order valence-corrected chi connectivity index (χ1v) is 9.95. The zero-order valence-corrected chi connectivity index (χ0v) is 17.1. The van der Waals surface area contributed by atoms with E-state index in [1.54, 1.807) is 0 Å². The van der Waals surface area contributed by atoms with Crippen LogP contribution in [0.5, 0.6) is 0 Å². The fourth-order valence-corrected chi connectivity index (χ4v) is 4.37. The van der Waals surface area contributed by atoms with Crippen LogP contribution in [0.25, 0.3) is 22.4 Å². The molecule has 0 unspecified atom stereocenters. The Morgan fingerprint density at radius 1 is 0.741 bits per heavy atom. The molecule has 1 heteroatoms. The summed E-state index contributed by atoms with van der Waals surface area (Å²) in [6.07, 6.45) is 4.48. The second-order valence-corrected chi connectivity index (χ2v) is 9.28. The fourth-order valence-electron chi connectivity index (χ4n) is 4.37. The van der Waals surface area contributed by atoms with Crippen LogP contribution >= 0.6 is 0 Å². The summed E-state index contributed by atoms with van der Waals surface area (Å²) in [7, 11) is 0. The summed E-state index contributed by atoms with van der Waals surface area (Å²) >= 11 is 0. The van der Waals surface area contributed by atoms with E-state index < -0.39 is 0 Å². The van der Waals surface area contributed by atoms with Gasteiger partial charge in [0.25, 0.3) is 0 Å². The van der Waals surface area contributed by atoms with Crippen molar-refractivity contribution in [3.63, 3.8) is 0 Å². The zero-order chi connectivity index (χ0) is 19.2. The van der Waals surface area contributed by atoms with Gasteiger partial charge >= 0.3 is 0 Å². The van der Waals surface area contributed by atoms with Gasteiger partial charge in [-0.1, -0.05) is 70.2 Å². The first-order chi connectivity index (χ1) is 12.8. The van der Waals surface area contributed by atoms with Gasteiger partial charge in [0.1, 0.15) is 0 Å². The van der Waals surface area contributed by atoms with E-state index in [0.29, 0.717) is 0 Å². The molecule has 0 saturated heterocycles. The van der Waals surface area contributed by atoms with Crippen molar-refractivity contribution < 1.29 is 0 Å². The van der Waals surface area contributed by atoms with Gasteiger partial charge in [-0.25, -0.2) is 0 Å². The molecule has 138 valence electrons. The van der Waals surface area contributed by atoms with Crippen LogP contribution in [-0.4, -0.2) is 4.98 Å². The van der Waals surface area contributed by atoms with E-state index in [1.165, 1.54) is 46.2 Å². The van der Waals surface area contributed by atoms with E-state index in [1.807, 2.05) is 6.20 Å². The quantitative estimate of drug-likeness (QED) is 0.479. The highest BCUT2D eigenvalue weighted by Gasteiger charge is 2.36. The SMILES string of the molecule is Cc1ccccc1-c1ccc(-c2ccc3c(c2)C(C)(C)CCC3(C)C)nc1. The van der Waals surface area contributed by atoms with Gasteiger partial charge in [-0.15, -0.1) is 0 Å². The summed E-state index contributed by atoms with van der Waals surface area (Å²) in [4.78, 5) is 4.80. The smallest absolute Gasteiger partial charge is 0.0702 e. The molecular formula is C26H29N. The van der Waals surface area contributed by atoms with E-state index in [0.717, 1.165) is 5.69 Å². The normalized spacial score (nSPS) is 17.4. The molecule has 0 atom stereocenters. The molecule has 1 aromatic heterocycles. The van der Waals surface area contributed by atoms with Crippen molar-refractivity contribution in [2.45, 2.75) is 58.3 Å². The van der Waals surface area contributed by atoms with Gasteiger partial charge in [0.05, 0.1) is 5.69 Å².